The predicted molar refractivity (Wildman–Crippen MR) is 113 cm³/mol. The average Bonchev–Trinajstić information content (AvgIpc) is 3.09. The zero-order valence-electron chi connectivity index (χ0n) is 16.4. The number of carbonyl (C=O) groups is 1. The molecule has 0 aliphatic rings. The zero-order valence-corrected chi connectivity index (χ0v) is 16.4. The van der Waals surface area contributed by atoms with Crippen LogP contribution in [0, 0.1) is 11.6 Å². The summed E-state index contributed by atoms with van der Waals surface area (Å²) >= 11 is 0. The van der Waals surface area contributed by atoms with Crippen LogP contribution in [0.1, 0.15) is 5.56 Å². The van der Waals surface area contributed by atoms with E-state index in [2.05, 4.69) is 20.1 Å². The van der Waals surface area contributed by atoms with Gasteiger partial charge in [-0.05, 0) is 24.3 Å². The van der Waals surface area contributed by atoms with E-state index in [9.17, 15) is 13.6 Å². The normalized spacial score (nSPS) is 10.9. The molecule has 8 nitrogen and oxygen atoms in total. The second-order valence-electron chi connectivity index (χ2n) is 6.77. The predicted octanol–water partition coefficient (Wildman–Crippen LogP) is 3.77. The number of benzene rings is 2. The number of amides is 1. The van der Waals surface area contributed by atoms with Crippen molar-refractivity contribution in [1.82, 2.24) is 14.8 Å². The molecular weight excluding hydrogens is 406 g/mol. The van der Waals surface area contributed by atoms with E-state index in [1.165, 1.54) is 23.9 Å². The van der Waals surface area contributed by atoms with Crippen molar-refractivity contribution in [2.24, 2.45) is 0 Å². The molecule has 2 aromatic carbocycles. The highest BCUT2D eigenvalue weighted by Crippen LogP contribution is 2.35. The maximum absolute atomic E-state index is 14.2. The van der Waals surface area contributed by atoms with Gasteiger partial charge in [-0.3, -0.25) is 5.32 Å². The fourth-order valence-corrected chi connectivity index (χ4v) is 3.27. The Kier molecular flexibility index (Phi) is 5.12. The molecule has 4 rings (SSSR count). The van der Waals surface area contributed by atoms with E-state index < -0.39 is 11.9 Å². The third-order valence-electron chi connectivity index (χ3n) is 4.72. The Hall–Kier alpha value is -4.21. The molecule has 0 atom stereocenters. The molecule has 2 aromatic heterocycles. The van der Waals surface area contributed by atoms with Gasteiger partial charge in [0.2, 0.25) is 0 Å². The lowest BCUT2D eigenvalue weighted by Gasteiger charge is -2.12. The first-order valence-corrected chi connectivity index (χ1v) is 9.17. The summed E-state index contributed by atoms with van der Waals surface area (Å²) < 4.78 is 34.2. The molecule has 4 aromatic rings. The first-order chi connectivity index (χ1) is 14.9. The van der Waals surface area contributed by atoms with E-state index in [0.717, 1.165) is 6.20 Å². The van der Waals surface area contributed by atoms with Gasteiger partial charge in [0.15, 0.2) is 5.65 Å². The number of anilines is 3. The van der Waals surface area contributed by atoms with E-state index in [4.69, 9.17) is 11.5 Å². The summed E-state index contributed by atoms with van der Waals surface area (Å²) in [5, 5.41) is 7.38. The third-order valence-corrected chi connectivity index (χ3v) is 4.72. The number of hydrogen-bond donors (Lipinski definition) is 3. The molecule has 5 N–H and O–H groups in total. The number of fused-ring (bicyclic) bond motifs is 1. The summed E-state index contributed by atoms with van der Waals surface area (Å²) in [6.45, 7) is 0.0920. The van der Waals surface area contributed by atoms with Crippen molar-refractivity contribution in [1.29, 1.82) is 0 Å². The summed E-state index contributed by atoms with van der Waals surface area (Å²) in [5.74, 6) is -0.939. The largest absolute Gasteiger partial charge is 0.453 e. The molecule has 10 heteroatoms. The van der Waals surface area contributed by atoms with Crippen LogP contribution in [0.4, 0.5) is 30.6 Å². The highest BCUT2D eigenvalue weighted by molar-refractivity contribution is 5.99. The van der Waals surface area contributed by atoms with Gasteiger partial charge in [0.25, 0.3) is 0 Å². The Bertz CT molecular complexity index is 1280. The highest BCUT2D eigenvalue weighted by Gasteiger charge is 2.18. The fourth-order valence-electron chi connectivity index (χ4n) is 3.27. The van der Waals surface area contributed by atoms with Gasteiger partial charge in [0.05, 0.1) is 36.9 Å². The summed E-state index contributed by atoms with van der Waals surface area (Å²) in [5.41, 5.74) is 14.3. The molecule has 0 spiro atoms. The van der Waals surface area contributed by atoms with Crippen LogP contribution in [0.15, 0.2) is 48.7 Å². The van der Waals surface area contributed by atoms with Crippen LogP contribution in [-0.2, 0) is 11.3 Å². The van der Waals surface area contributed by atoms with Gasteiger partial charge in [-0.2, -0.15) is 5.10 Å². The number of nitrogens with two attached hydrogens (primary N) is 2. The minimum atomic E-state index is -0.725. The molecule has 1 amide bonds. The average molecular weight is 424 g/mol. The van der Waals surface area contributed by atoms with Crippen molar-refractivity contribution in [3.8, 4) is 11.3 Å². The smallest absolute Gasteiger partial charge is 0.411 e. The van der Waals surface area contributed by atoms with Crippen LogP contribution < -0.4 is 16.8 Å². The molecule has 0 aliphatic heterocycles. The monoisotopic (exact) mass is 424 g/mol. The van der Waals surface area contributed by atoms with Crippen LogP contribution in [0.2, 0.25) is 0 Å². The van der Waals surface area contributed by atoms with Crippen molar-refractivity contribution in [2.75, 3.05) is 23.9 Å². The molecule has 0 unspecified atom stereocenters. The Morgan fingerprint density at radius 2 is 1.87 bits per heavy atom. The number of halogens is 2. The van der Waals surface area contributed by atoms with Gasteiger partial charge in [-0.25, -0.2) is 23.2 Å². The number of hydrogen-bond acceptors (Lipinski definition) is 6. The SMILES string of the molecule is COC(=O)Nc1c(N)cc(-c2nn(Cc3ccccc3F)c3ncc(F)cc23)cc1N. The van der Waals surface area contributed by atoms with Crippen molar-refractivity contribution in [3.05, 3.63) is 65.9 Å². The molecule has 31 heavy (non-hydrogen) atoms. The molecule has 0 bridgehead atoms. The van der Waals surface area contributed by atoms with E-state index in [1.807, 2.05) is 0 Å². The standard InChI is InChI=1S/C21H18F2N6O2/c1-31-21(30)27-19-16(24)6-12(7-17(19)25)18-14-8-13(22)9-26-20(14)29(28-18)10-11-4-2-3-5-15(11)23/h2-9H,10,24-25H2,1H3,(H,27,30). The summed E-state index contributed by atoms with van der Waals surface area (Å²) in [4.78, 5) is 15.6. The van der Waals surface area contributed by atoms with Crippen LogP contribution in [0.3, 0.4) is 0 Å². The van der Waals surface area contributed by atoms with Crippen LogP contribution in [0.25, 0.3) is 22.3 Å². The minimum absolute atomic E-state index is 0.0920. The quantitative estimate of drug-likeness (QED) is 0.429. The molecule has 158 valence electrons. The molecule has 0 aliphatic carbocycles. The zero-order chi connectivity index (χ0) is 22.1. The fraction of sp³-hybridized carbons (Fsp3) is 0.0952. The Labute approximate surface area is 175 Å². The molecular formula is C21H18F2N6O2. The Morgan fingerprint density at radius 3 is 2.55 bits per heavy atom. The van der Waals surface area contributed by atoms with Crippen LogP contribution in [-0.4, -0.2) is 28.0 Å². The Balaban J connectivity index is 1.84. The van der Waals surface area contributed by atoms with Crippen molar-refractivity contribution in [2.45, 2.75) is 6.54 Å². The molecule has 0 saturated heterocycles. The van der Waals surface area contributed by atoms with Gasteiger partial charge in [0.1, 0.15) is 17.3 Å². The number of nitrogens with zero attached hydrogens (tertiary/aromatic N) is 3. The van der Waals surface area contributed by atoms with Crippen LogP contribution >= 0.6 is 0 Å². The Morgan fingerprint density at radius 1 is 1.16 bits per heavy atom. The van der Waals surface area contributed by atoms with E-state index in [0.29, 0.717) is 27.9 Å². The second-order valence-corrected chi connectivity index (χ2v) is 6.77. The van der Waals surface area contributed by atoms with Crippen molar-refractivity contribution >= 4 is 34.2 Å². The lowest BCUT2D eigenvalue weighted by Crippen LogP contribution is -2.14. The summed E-state index contributed by atoms with van der Waals surface area (Å²) in [7, 11) is 1.21. The van der Waals surface area contributed by atoms with Crippen LogP contribution in [0.5, 0.6) is 0 Å². The van der Waals surface area contributed by atoms with Crippen molar-refractivity contribution in [3.63, 3.8) is 0 Å². The highest BCUT2D eigenvalue weighted by atomic mass is 19.1. The van der Waals surface area contributed by atoms with E-state index in [1.54, 1.807) is 30.3 Å². The van der Waals surface area contributed by atoms with Crippen molar-refractivity contribution < 1.29 is 18.3 Å². The van der Waals surface area contributed by atoms with Gasteiger partial charge in [-0.15, -0.1) is 0 Å². The number of rotatable bonds is 4. The maximum Gasteiger partial charge on any atom is 0.411 e. The van der Waals surface area contributed by atoms with Gasteiger partial charge in [-0.1, -0.05) is 18.2 Å². The lowest BCUT2D eigenvalue weighted by atomic mass is 10.1. The first-order valence-electron chi connectivity index (χ1n) is 9.17. The summed E-state index contributed by atoms with van der Waals surface area (Å²) in [6.07, 6.45) is 0.342. The van der Waals surface area contributed by atoms with Gasteiger partial charge in [0, 0.05) is 16.5 Å². The lowest BCUT2D eigenvalue weighted by molar-refractivity contribution is 0.187. The molecule has 0 radical (unpaired) electrons. The maximum atomic E-state index is 14.2. The third kappa shape index (κ3) is 3.82. The topological polar surface area (TPSA) is 121 Å². The number of methoxy groups -OCH3 is 1. The number of aromatic nitrogens is 3. The number of nitrogens with one attached hydrogen (secondary N) is 1. The number of nitrogen functional groups attached to an aromatic ring is 2. The molecule has 0 saturated carbocycles. The van der Waals surface area contributed by atoms with E-state index in [-0.39, 0.29) is 29.4 Å². The number of pyridine rings is 1. The summed E-state index contributed by atoms with van der Waals surface area (Å²) in [6, 6.07) is 10.7. The number of carbonyl (C=O) groups excluding carboxylic acids is 1. The van der Waals surface area contributed by atoms with Gasteiger partial charge < -0.3 is 16.2 Å². The number of ether oxygens (including phenoxy) is 1. The second kappa shape index (κ2) is 7.90. The van der Waals surface area contributed by atoms with Gasteiger partial charge >= 0.3 is 6.09 Å². The first kappa shape index (κ1) is 20.1. The minimum Gasteiger partial charge on any atom is -0.453 e. The molecule has 0 fully saturated rings. The van der Waals surface area contributed by atoms with E-state index >= 15 is 0 Å². The molecule has 2 heterocycles.